The molecule has 5 rings (SSSR count). The van der Waals surface area contributed by atoms with Crippen molar-refractivity contribution in [1.82, 2.24) is 14.5 Å². The second-order valence-electron chi connectivity index (χ2n) is 7.97. The number of hydrogen-bond donors (Lipinski definition) is 0. The molecule has 4 aromatic rings. The average Bonchev–Trinajstić information content (AvgIpc) is 3.36. The second kappa shape index (κ2) is 7.87. The van der Waals surface area contributed by atoms with E-state index in [0.717, 1.165) is 18.4 Å². The summed E-state index contributed by atoms with van der Waals surface area (Å²) >= 11 is 0. The molecule has 2 aromatic heterocycles. The number of amides is 1. The molecule has 1 aliphatic heterocycles. The minimum absolute atomic E-state index is 0.0966. The van der Waals surface area contributed by atoms with Gasteiger partial charge in [0.1, 0.15) is 5.76 Å². The summed E-state index contributed by atoms with van der Waals surface area (Å²) in [5, 5.41) is 0.441. The van der Waals surface area contributed by atoms with Crippen LogP contribution in [-0.4, -0.2) is 33.4 Å². The van der Waals surface area contributed by atoms with E-state index in [0.29, 0.717) is 47.0 Å². The Bertz CT molecular complexity index is 1290. The molecule has 31 heavy (non-hydrogen) atoms. The van der Waals surface area contributed by atoms with E-state index >= 15 is 0 Å². The van der Waals surface area contributed by atoms with E-state index in [2.05, 4.69) is 9.55 Å². The molecule has 0 saturated carbocycles. The van der Waals surface area contributed by atoms with Crippen LogP contribution in [0.4, 0.5) is 0 Å². The fraction of sp³-hybridized carbons (Fsp3) is 0.240. The number of likely N-dealkylation sites (tertiary alicyclic amines) is 1. The van der Waals surface area contributed by atoms with Crippen molar-refractivity contribution in [3.05, 3.63) is 88.6 Å². The molecule has 2 aromatic carbocycles. The minimum Gasteiger partial charge on any atom is -0.455 e. The van der Waals surface area contributed by atoms with Crippen molar-refractivity contribution < 1.29 is 9.21 Å². The second-order valence-corrected chi connectivity index (χ2v) is 7.97. The van der Waals surface area contributed by atoms with Crippen molar-refractivity contribution in [1.29, 1.82) is 0 Å². The van der Waals surface area contributed by atoms with Crippen molar-refractivity contribution in [2.45, 2.75) is 25.8 Å². The predicted molar refractivity (Wildman–Crippen MR) is 119 cm³/mol. The van der Waals surface area contributed by atoms with Gasteiger partial charge in [-0.1, -0.05) is 36.4 Å². The number of rotatable bonds is 3. The molecule has 0 spiro atoms. The lowest BCUT2D eigenvalue weighted by Crippen LogP contribution is -2.39. The number of piperidine rings is 1. The lowest BCUT2D eigenvalue weighted by atomic mass is 10.0. The van der Waals surface area contributed by atoms with Gasteiger partial charge in [0.05, 0.1) is 17.3 Å². The smallest absolute Gasteiger partial charge is 0.257 e. The molecule has 1 aliphatic rings. The van der Waals surface area contributed by atoms with E-state index in [4.69, 9.17) is 4.42 Å². The lowest BCUT2D eigenvalue weighted by molar-refractivity contribution is 0.0695. The van der Waals surface area contributed by atoms with Gasteiger partial charge in [-0.3, -0.25) is 9.59 Å². The van der Waals surface area contributed by atoms with Gasteiger partial charge in [0.25, 0.3) is 5.91 Å². The van der Waals surface area contributed by atoms with E-state index in [1.165, 1.54) is 0 Å². The van der Waals surface area contributed by atoms with Crippen LogP contribution in [0.1, 0.15) is 34.8 Å². The molecule has 1 saturated heterocycles. The zero-order chi connectivity index (χ0) is 21.4. The van der Waals surface area contributed by atoms with Crippen molar-refractivity contribution in [3.8, 4) is 11.3 Å². The molecule has 1 fully saturated rings. The van der Waals surface area contributed by atoms with E-state index in [1.807, 2.05) is 47.8 Å². The minimum atomic E-state index is -0.103. The maximum Gasteiger partial charge on any atom is 0.257 e. The number of benzene rings is 2. The Morgan fingerprint density at radius 2 is 1.84 bits per heavy atom. The number of carbonyl (C=O) groups is 1. The van der Waals surface area contributed by atoms with Gasteiger partial charge in [0.15, 0.2) is 11.0 Å². The average molecular weight is 413 g/mol. The molecule has 0 bridgehead atoms. The summed E-state index contributed by atoms with van der Waals surface area (Å²) in [6.45, 7) is 3.07. The van der Waals surface area contributed by atoms with Crippen LogP contribution in [0.25, 0.3) is 22.3 Å². The van der Waals surface area contributed by atoms with Gasteiger partial charge in [0, 0.05) is 42.7 Å². The number of para-hydroxylation sites is 1. The van der Waals surface area contributed by atoms with Crippen LogP contribution in [0.5, 0.6) is 0 Å². The summed E-state index contributed by atoms with van der Waals surface area (Å²) in [5.74, 6) is 0.415. The summed E-state index contributed by atoms with van der Waals surface area (Å²) in [6.07, 6.45) is 7.31. The maximum absolute atomic E-state index is 13.4. The molecule has 0 N–H and O–H groups in total. The zero-order valence-electron chi connectivity index (χ0n) is 17.3. The third-order valence-electron chi connectivity index (χ3n) is 6.11. The number of imidazole rings is 1. The number of nitrogens with zero attached hydrogens (tertiary/aromatic N) is 3. The molecule has 0 atom stereocenters. The molecule has 1 amide bonds. The Hall–Kier alpha value is -3.67. The molecule has 6 heteroatoms. The first-order valence-corrected chi connectivity index (χ1v) is 10.5. The molecular weight excluding hydrogens is 390 g/mol. The molecule has 0 aliphatic carbocycles. The van der Waals surface area contributed by atoms with Crippen LogP contribution in [0.2, 0.25) is 0 Å². The van der Waals surface area contributed by atoms with Gasteiger partial charge in [-0.15, -0.1) is 0 Å². The van der Waals surface area contributed by atoms with Gasteiger partial charge >= 0.3 is 0 Å². The molecule has 3 heterocycles. The molecular formula is C25H23N3O3. The summed E-state index contributed by atoms with van der Waals surface area (Å²) in [4.78, 5) is 32.4. The van der Waals surface area contributed by atoms with Crippen LogP contribution < -0.4 is 5.43 Å². The first-order valence-electron chi connectivity index (χ1n) is 10.5. The fourth-order valence-electron chi connectivity index (χ4n) is 4.37. The highest BCUT2D eigenvalue weighted by molar-refractivity contribution is 6.05. The third-order valence-corrected chi connectivity index (χ3v) is 6.11. The van der Waals surface area contributed by atoms with Crippen LogP contribution in [0, 0.1) is 6.92 Å². The van der Waals surface area contributed by atoms with Crippen molar-refractivity contribution in [2.24, 2.45) is 0 Å². The first kappa shape index (κ1) is 19.3. The SMILES string of the molecule is Cc1c(-c2ccccc2)oc2c(C(=O)N3CCC(n4ccnc4)CC3)cccc2c1=O. The third kappa shape index (κ3) is 3.44. The predicted octanol–water partition coefficient (Wildman–Crippen LogP) is 4.44. The largest absolute Gasteiger partial charge is 0.455 e. The topological polar surface area (TPSA) is 68.3 Å². The van der Waals surface area contributed by atoms with Gasteiger partial charge in [-0.05, 0) is 31.9 Å². The van der Waals surface area contributed by atoms with Gasteiger partial charge < -0.3 is 13.9 Å². The van der Waals surface area contributed by atoms with Crippen LogP contribution in [-0.2, 0) is 0 Å². The Morgan fingerprint density at radius 1 is 1.06 bits per heavy atom. The van der Waals surface area contributed by atoms with Crippen LogP contribution >= 0.6 is 0 Å². The van der Waals surface area contributed by atoms with E-state index in [9.17, 15) is 9.59 Å². The van der Waals surface area contributed by atoms with E-state index < -0.39 is 0 Å². The van der Waals surface area contributed by atoms with Crippen molar-refractivity contribution >= 4 is 16.9 Å². The normalized spacial score (nSPS) is 14.8. The highest BCUT2D eigenvalue weighted by Crippen LogP contribution is 2.29. The Kier molecular flexibility index (Phi) is 4.90. The summed E-state index contributed by atoms with van der Waals surface area (Å²) in [7, 11) is 0. The highest BCUT2D eigenvalue weighted by Gasteiger charge is 2.27. The van der Waals surface area contributed by atoms with Gasteiger partial charge in [-0.25, -0.2) is 4.98 Å². The molecule has 0 unspecified atom stereocenters. The van der Waals surface area contributed by atoms with Gasteiger partial charge in [0.2, 0.25) is 0 Å². The highest BCUT2D eigenvalue weighted by atomic mass is 16.3. The van der Waals surface area contributed by atoms with Gasteiger partial charge in [-0.2, -0.15) is 0 Å². The maximum atomic E-state index is 13.4. The van der Waals surface area contributed by atoms with Crippen LogP contribution in [0.3, 0.4) is 0 Å². The molecule has 0 radical (unpaired) electrons. The Balaban J connectivity index is 1.51. The van der Waals surface area contributed by atoms with E-state index in [1.54, 1.807) is 31.3 Å². The summed E-state index contributed by atoms with van der Waals surface area (Å²) in [6, 6.07) is 15.1. The fourth-order valence-corrected chi connectivity index (χ4v) is 4.37. The van der Waals surface area contributed by atoms with E-state index in [-0.39, 0.29) is 11.3 Å². The van der Waals surface area contributed by atoms with Crippen molar-refractivity contribution in [3.63, 3.8) is 0 Å². The Labute approximate surface area is 179 Å². The Morgan fingerprint density at radius 3 is 2.55 bits per heavy atom. The van der Waals surface area contributed by atoms with Crippen LogP contribution in [0.15, 0.2) is 76.5 Å². The quantitative estimate of drug-likeness (QED) is 0.498. The summed E-state index contributed by atoms with van der Waals surface area (Å²) < 4.78 is 8.33. The number of aromatic nitrogens is 2. The number of carbonyl (C=O) groups excluding carboxylic acids is 1. The van der Waals surface area contributed by atoms with Crippen molar-refractivity contribution in [2.75, 3.05) is 13.1 Å². The zero-order valence-corrected chi connectivity index (χ0v) is 17.3. The monoisotopic (exact) mass is 413 g/mol. The standard InChI is InChI=1S/C25H23N3O3/c1-17-22(29)20-8-5-9-21(24(20)31-23(17)18-6-3-2-4-7-18)25(30)27-13-10-19(11-14-27)28-15-12-26-16-28/h2-9,12,15-16,19H,10-11,13-14H2,1H3. The summed E-state index contributed by atoms with van der Waals surface area (Å²) in [5.41, 5.74) is 2.06. The molecule has 156 valence electrons. The molecule has 6 nitrogen and oxygen atoms in total. The number of fused-ring (bicyclic) bond motifs is 1. The first-order chi connectivity index (χ1) is 15.1. The lowest BCUT2D eigenvalue weighted by Gasteiger charge is -2.32. The number of hydrogen-bond acceptors (Lipinski definition) is 4.